The highest BCUT2D eigenvalue weighted by molar-refractivity contribution is 5.21. The fraction of sp³-hybridized carbons (Fsp3) is 0.625. The molecule has 1 aromatic rings. The number of benzene rings is 1. The van der Waals surface area contributed by atoms with Gasteiger partial charge in [0, 0.05) is 24.2 Å². The van der Waals surface area contributed by atoms with Crippen molar-refractivity contribution in [1.82, 2.24) is 4.90 Å². The normalized spacial score (nSPS) is 22.6. The van der Waals surface area contributed by atoms with E-state index < -0.39 is 0 Å². The van der Waals surface area contributed by atoms with Crippen LogP contribution in [0.4, 0.5) is 4.39 Å². The molecule has 3 nitrogen and oxygen atoms in total. The second-order valence-electron chi connectivity index (χ2n) is 6.25. The molecule has 2 aliphatic rings. The van der Waals surface area contributed by atoms with Crippen LogP contribution in [0.5, 0.6) is 0 Å². The highest BCUT2D eigenvalue weighted by atomic mass is 19.1. The third-order valence-electron chi connectivity index (χ3n) is 4.54. The Kier molecular flexibility index (Phi) is 3.80. The van der Waals surface area contributed by atoms with Gasteiger partial charge in [-0.2, -0.15) is 0 Å². The van der Waals surface area contributed by atoms with Gasteiger partial charge in [0.05, 0.1) is 25.2 Å². The van der Waals surface area contributed by atoms with E-state index in [1.807, 2.05) is 12.1 Å². The molecule has 1 saturated heterocycles. The minimum absolute atomic E-state index is 0.0349. The molecule has 3 rings (SSSR count). The van der Waals surface area contributed by atoms with Crippen LogP contribution < -0.4 is 0 Å². The summed E-state index contributed by atoms with van der Waals surface area (Å²) in [6.45, 7) is 4.19. The molecule has 1 saturated carbocycles. The first-order valence-corrected chi connectivity index (χ1v) is 7.34. The van der Waals surface area contributed by atoms with Gasteiger partial charge in [-0.05, 0) is 25.8 Å². The lowest BCUT2D eigenvalue weighted by atomic mass is 9.85. The van der Waals surface area contributed by atoms with Gasteiger partial charge in [0.2, 0.25) is 0 Å². The lowest BCUT2D eigenvalue weighted by molar-refractivity contribution is -0.152. The summed E-state index contributed by atoms with van der Waals surface area (Å²) in [5.41, 5.74) is 0.593. The Morgan fingerprint density at radius 3 is 2.60 bits per heavy atom. The number of aliphatic hydroxyl groups excluding tert-OH is 1. The summed E-state index contributed by atoms with van der Waals surface area (Å²) >= 11 is 0. The molecule has 1 aliphatic heterocycles. The Labute approximate surface area is 119 Å². The molecular weight excluding hydrogens is 257 g/mol. The van der Waals surface area contributed by atoms with E-state index in [2.05, 4.69) is 11.8 Å². The Morgan fingerprint density at radius 2 is 2.10 bits per heavy atom. The van der Waals surface area contributed by atoms with Crippen LogP contribution in [0.15, 0.2) is 24.3 Å². The summed E-state index contributed by atoms with van der Waals surface area (Å²) in [6.07, 6.45) is 2.34. The molecule has 1 heterocycles. The maximum Gasteiger partial charge on any atom is 0.127 e. The van der Waals surface area contributed by atoms with E-state index in [4.69, 9.17) is 4.74 Å². The second kappa shape index (κ2) is 5.43. The van der Waals surface area contributed by atoms with E-state index in [0.29, 0.717) is 19.3 Å². The van der Waals surface area contributed by atoms with Crippen molar-refractivity contribution in [2.45, 2.75) is 31.8 Å². The number of hydrogen-bond acceptors (Lipinski definition) is 3. The van der Waals surface area contributed by atoms with E-state index in [1.165, 1.54) is 18.9 Å². The van der Waals surface area contributed by atoms with Gasteiger partial charge in [0.25, 0.3) is 0 Å². The van der Waals surface area contributed by atoms with Crippen molar-refractivity contribution in [2.24, 2.45) is 5.41 Å². The number of nitrogens with zero attached hydrogens (tertiary/aromatic N) is 1. The summed E-state index contributed by atoms with van der Waals surface area (Å²) in [7, 11) is 0. The Balaban J connectivity index is 1.78. The van der Waals surface area contributed by atoms with E-state index in [0.717, 1.165) is 12.1 Å². The van der Waals surface area contributed by atoms with Crippen molar-refractivity contribution < 1.29 is 14.2 Å². The maximum atomic E-state index is 14.0. The maximum absolute atomic E-state index is 14.0. The first-order valence-electron chi connectivity index (χ1n) is 7.34. The zero-order chi connectivity index (χ0) is 14.2. The van der Waals surface area contributed by atoms with Gasteiger partial charge < -0.3 is 9.84 Å². The number of ether oxygens (including phenoxy) is 1. The molecule has 0 amide bonds. The molecule has 1 aromatic carbocycles. The summed E-state index contributed by atoms with van der Waals surface area (Å²) in [5, 5.41) is 9.61. The molecular formula is C16H22FNO2. The molecule has 1 atom stereocenters. The second-order valence-corrected chi connectivity index (χ2v) is 6.25. The van der Waals surface area contributed by atoms with Crippen LogP contribution in [0.1, 0.15) is 31.4 Å². The average Bonchev–Trinajstić information content (AvgIpc) is 3.23. The molecule has 2 fully saturated rings. The number of aliphatic hydroxyl groups is 1. The highest BCUT2D eigenvalue weighted by Gasteiger charge is 2.44. The first kappa shape index (κ1) is 14.0. The van der Waals surface area contributed by atoms with E-state index >= 15 is 0 Å². The standard InChI is InChI=1S/C16H22FNO2/c1-12(14-4-2-3-5-15(14)17)18(13-6-7-13)8-16(9-19)10-20-11-16/h2-5,12-13,19H,6-11H2,1H3. The van der Waals surface area contributed by atoms with Crippen LogP contribution in [-0.4, -0.2) is 42.4 Å². The number of halogens is 1. The predicted molar refractivity (Wildman–Crippen MR) is 74.9 cm³/mol. The van der Waals surface area contributed by atoms with Crippen LogP contribution >= 0.6 is 0 Å². The van der Waals surface area contributed by atoms with Crippen molar-refractivity contribution >= 4 is 0 Å². The van der Waals surface area contributed by atoms with Crippen LogP contribution in [0.3, 0.4) is 0 Å². The molecule has 110 valence electrons. The fourth-order valence-electron chi connectivity index (χ4n) is 2.99. The zero-order valence-electron chi connectivity index (χ0n) is 11.9. The molecule has 0 bridgehead atoms. The Hall–Kier alpha value is -0.970. The summed E-state index contributed by atoms with van der Waals surface area (Å²) in [4.78, 5) is 2.34. The van der Waals surface area contributed by atoms with Crippen LogP contribution in [0, 0.1) is 11.2 Å². The summed E-state index contributed by atoms with van der Waals surface area (Å²) in [5.74, 6) is -0.145. The van der Waals surface area contributed by atoms with Crippen LogP contribution in [0.25, 0.3) is 0 Å². The zero-order valence-corrected chi connectivity index (χ0v) is 11.9. The van der Waals surface area contributed by atoms with E-state index in [9.17, 15) is 9.50 Å². The van der Waals surface area contributed by atoms with E-state index in [1.54, 1.807) is 6.07 Å². The molecule has 0 radical (unpaired) electrons. The topological polar surface area (TPSA) is 32.7 Å². The molecule has 0 aromatic heterocycles. The minimum atomic E-state index is -0.151. The number of rotatable bonds is 6. The average molecular weight is 279 g/mol. The SMILES string of the molecule is CC(c1ccccc1F)N(CC1(CO)COC1)C1CC1. The van der Waals surface area contributed by atoms with Gasteiger partial charge in [-0.25, -0.2) is 4.39 Å². The van der Waals surface area contributed by atoms with Gasteiger partial charge in [-0.3, -0.25) is 4.90 Å². The third-order valence-corrected chi connectivity index (χ3v) is 4.54. The molecule has 0 spiro atoms. The molecule has 20 heavy (non-hydrogen) atoms. The van der Waals surface area contributed by atoms with Gasteiger partial charge >= 0.3 is 0 Å². The minimum Gasteiger partial charge on any atom is -0.396 e. The van der Waals surface area contributed by atoms with E-state index in [-0.39, 0.29) is 23.9 Å². The Bertz CT molecular complexity index is 466. The molecule has 1 N–H and O–H groups in total. The third kappa shape index (κ3) is 2.60. The van der Waals surface area contributed by atoms with Crippen LogP contribution in [0.2, 0.25) is 0 Å². The summed E-state index contributed by atoms with van der Waals surface area (Å²) in [6, 6.07) is 7.54. The lowest BCUT2D eigenvalue weighted by Gasteiger charge is -2.45. The smallest absolute Gasteiger partial charge is 0.127 e. The molecule has 4 heteroatoms. The van der Waals surface area contributed by atoms with Gasteiger partial charge in [0.1, 0.15) is 5.82 Å². The monoisotopic (exact) mass is 279 g/mol. The van der Waals surface area contributed by atoms with Gasteiger partial charge in [-0.15, -0.1) is 0 Å². The predicted octanol–water partition coefficient (Wildman–Crippen LogP) is 2.36. The molecule has 1 aliphatic carbocycles. The van der Waals surface area contributed by atoms with Crippen molar-refractivity contribution in [3.05, 3.63) is 35.6 Å². The van der Waals surface area contributed by atoms with Gasteiger partial charge in [0.15, 0.2) is 0 Å². The van der Waals surface area contributed by atoms with Crippen molar-refractivity contribution in [3.63, 3.8) is 0 Å². The first-order chi connectivity index (χ1) is 9.65. The lowest BCUT2D eigenvalue weighted by Crippen LogP contribution is -2.54. The fourth-order valence-corrected chi connectivity index (χ4v) is 2.99. The summed E-state index contributed by atoms with van der Waals surface area (Å²) < 4.78 is 19.3. The quantitative estimate of drug-likeness (QED) is 0.867. The van der Waals surface area contributed by atoms with Crippen molar-refractivity contribution in [1.29, 1.82) is 0 Å². The van der Waals surface area contributed by atoms with Crippen LogP contribution in [-0.2, 0) is 4.74 Å². The van der Waals surface area contributed by atoms with Gasteiger partial charge in [-0.1, -0.05) is 18.2 Å². The van der Waals surface area contributed by atoms with Crippen molar-refractivity contribution in [2.75, 3.05) is 26.4 Å². The molecule has 1 unspecified atom stereocenters. The highest BCUT2D eigenvalue weighted by Crippen LogP contribution is 2.39. The van der Waals surface area contributed by atoms with Crippen molar-refractivity contribution in [3.8, 4) is 0 Å². The number of hydrogen-bond donors (Lipinski definition) is 1. The largest absolute Gasteiger partial charge is 0.396 e. The Morgan fingerprint density at radius 1 is 1.40 bits per heavy atom.